The van der Waals surface area contributed by atoms with Crippen LogP contribution in [0, 0.1) is 21.4 Å². The fraction of sp³-hybridized carbons (Fsp3) is 0.333. The second-order valence-corrected chi connectivity index (χ2v) is 5.77. The molecule has 0 saturated carbocycles. The molecule has 1 saturated heterocycles. The number of nitrogens with zero attached hydrogens (tertiary/aromatic N) is 4. The monoisotopic (exact) mass is 298 g/mol. The van der Waals surface area contributed by atoms with Gasteiger partial charge in [-0.05, 0) is 25.5 Å². The Morgan fingerprint density at radius 1 is 1.50 bits per heavy atom. The van der Waals surface area contributed by atoms with Crippen LogP contribution in [0.5, 0.6) is 0 Å². The second kappa shape index (κ2) is 4.93. The average Bonchev–Trinajstić information content (AvgIpc) is 2.85. The van der Waals surface area contributed by atoms with E-state index in [1.807, 2.05) is 4.90 Å². The van der Waals surface area contributed by atoms with E-state index in [2.05, 4.69) is 11.1 Å². The summed E-state index contributed by atoms with van der Waals surface area (Å²) in [6.07, 6.45) is 0.634. The number of pyridine rings is 1. The molecule has 1 aromatic heterocycles. The highest BCUT2D eigenvalue weighted by molar-refractivity contribution is 5.88. The van der Waals surface area contributed by atoms with E-state index in [0.29, 0.717) is 41.8 Å². The molecular weight excluding hydrogens is 284 g/mol. The van der Waals surface area contributed by atoms with Crippen LogP contribution in [0.3, 0.4) is 0 Å². The smallest absolute Gasteiger partial charge is 0.270 e. The van der Waals surface area contributed by atoms with Gasteiger partial charge in [0, 0.05) is 30.6 Å². The van der Waals surface area contributed by atoms with Crippen molar-refractivity contribution in [3.05, 3.63) is 39.9 Å². The Bertz CT molecular complexity index is 810. The summed E-state index contributed by atoms with van der Waals surface area (Å²) in [4.78, 5) is 16.8. The van der Waals surface area contributed by atoms with Gasteiger partial charge < -0.3 is 10.0 Å². The third-order valence-electron chi connectivity index (χ3n) is 3.89. The first kappa shape index (κ1) is 14.2. The zero-order valence-corrected chi connectivity index (χ0v) is 12.0. The molecule has 0 spiro atoms. The first-order chi connectivity index (χ1) is 10.4. The first-order valence-corrected chi connectivity index (χ1v) is 6.86. The number of rotatable bonds is 2. The van der Waals surface area contributed by atoms with Crippen LogP contribution >= 0.6 is 0 Å². The van der Waals surface area contributed by atoms with E-state index in [1.165, 1.54) is 12.1 Å². The minimum atomic E-state index is -0.765. The van der Waals surface area contributed by atoms with E-state index in [1.54, 1.807) is 19.1 Å². The predicted octanol–water partition coefficient (Wildman–Crippen LogP) is 1.98. The highest BCUT2D eigenvalue weighted by atomic mass is 16.6. The third kappa shape index (κ3) is 2.44. The van der Waals surface area contributed by atoms with E-state index in [4.69, 9.17) is 0 Å². The zero-order valence-electron chi connectivity index (χ0n) is 12.0. The first-order valence-electron chi connectivity index (χ1n) is 6.86. The zero-order chi connectivity index (χ0) is 15.9. The molecule has 7 heteroatoms. The van der Waals surface area contributed by atoms with Crippen molar-refractivity contribution in [1.82, 2.24) is 4.98 Å². The lowest BCUT2D eigenvalue weighted by Gasteiger charge is -2.20. The van der Waals surface area contributed by atoms with Crippen molar-refractivity contribution in [2.75, 3.05) is 18.0 Å². The van der Waals surface area contributed by atoms with Gasteiger partial charge in [0.15, 0.2) is 0 Å². The summed E-state index contributed by atoms with van der Waals surface area (Å²) < 4.78 is 0. The summed E-state index contributed by atoms with van der Waals surface area (Å²) in [5.74, 6) is 0.607. The van der Waals surface area contributed by atoms with Crippen molar-refractivity contribution >= 4 is 22.4 Å². The van der Waals surface area contributed by atoms with Gasteiger partial charge in [0.05, 0.1) is 27.7 Å². The fourth-order valence-electron chi connectivity index (χ4n) is 2.71. The number of fused-ring (bicyclic) bond motifs is 1. The Balaban J connectivity index is 2.10. The summed E-state index contributed by atoms with van der Waals surface area (Å²) in [6.45, 7) is 2.87. The topological polar surface area (TPSA) is 103 Å². The molecule has 1 atom stereocenters. The number of nitriles is 1. The molecule has 1 N–H and O–H groups in total. The molecule has 1 aliphatic rings. The Morgan fingerprint density at radius 3 is 2.86 bits per heavy atom. The van der Waals surface area contributed by atoms with Gasteiger partial charge in [-0.15, -0.1) is 0 Å². The van der Waals surface area contributed by atoms with Gasteiger partial charge in [0.2, 0.25) is 0 Å². The van der Waals surface area contributed by atoms with Gasteiger partial charge in [0.1, 0.15) is 5.82 Å². The molecule has 112 valence electrons. The van der Waals surface area contributed by atoms with Crippen molar-refractivity contribution in [2.45, 2.75) is 18.9 Å². The molecular formula is C15H14N4O3. The van der Waals surface area contributed by atoms with Crippen molar-refractivity contribution < 1.29 is 10.0 Å². The van der Waals surface area contributed by atoms with Crippen molar-refractivity contribution in [1.29, 1.82) is 5.26 Å². The Labute approximate surface area is 126 Å². The SMILES string of the molecule is CC1(O)CCN(c2cc(C#N)c3cc([N+](=O)[O-])ccc3n2)C1. The molecule has 1 unspecified atom stereocenters. The molecule has 3 rings (SSSR count). The quantitative estimate of drug-likeness (QED) is 0.671. The lowest BCUT2D eigenvalue weighted by atomic mass is 10.1. The van der Waals surface area contributed by atoms with Crippen LogP contribution in [0.15, 0.2) is 24.3 Å². The van der Waals surface area contributed by atoms with E-state index in [9.17, 15) is 20.5 Å². The minimum Gasteiger partial charge on any atom is -0.388 e. The average molecular weight is 298 g/mol. The van der Waals surface area contributed by atoms with Gasteiger partial charge in [-0.2, -0.15) is 5.26 Å². The summed E-state index contributed by atoms with van der Waals surface area (Å²) in [6, 6.07) is 7.98. The molecule has 0 bridgehead atoms. The largest absolute Gasteiger partial charge is 0.388 e. The maximum atomic E-state index is 10.9. The van der Waals surface area contributed by atoms with Crippen LogP contribution < -0.4 is 4.90 Å². The Hall–Kier alpha value is -2.72. The van der Waals surface area contributed by atoms with E-state index < -0.39 is 10.5 Å². The van der Waals surface area contributed by atoms with Crippen LogP contribution in [-0.2, 0) is 0 Å². The van der Waals surface area contributed by atoms with Crippen molar-refractivity contribution in [2.24, 2.45) is 0 Å². The Morgan fingerprint density at radius 2 is 2.27 bits per heavy atom. The number of nitro groups is 1. The standard InChI is InChI=1S/C15H14N4O3/c1-15(20)4-5-18(9-15)14-6-10(8-16)12-7-11(19(21)22)2-3-13(12)17-14/h2-3,6-7,20H,4-5,9H2,1H3. The van der Waals surface area contributed by atoms with E-state index in [0.717, 1.165) is 0 Å². The van der Waals surface area contributed by atoms with Gasteiger partial charge >= 0.3 is 0 Å². The van der Waals surface area contributed by atoms with Crippen LogP contribution in [0.25, 0.3) is 10.9 Å². The molecule has 22 heavy (non-hydrogen) atoms. The van der Waals surface area contributed by atoms with Gasteiger partial charge in [-0.1, -0.05) is 0 Å². The number of non-ortho nitro benzene ring substituents is 1. The van der Waals surface area contributed by atoms with Crippen LogP contribution in [0.1, 0.15) is 18.9 Å². The molecule has 0 amide bonds. The molecule has 7 nitrogen and oxygen atoms in total. The predicted molar refractivity (Wildman–Crippen MR) is 80.6 cm³/mol. The maximum absolute atomic E-state index is 10.9. The van der Waals surface area contributed by atoms with E-state index in [-0.39, 0.29) is 5.69 Å². The molecule has 2 heterocycles. The van der Waals surface area contributed by atoms with E-state index >= 15 is 0 Å². The minimum absolute atomic E-state index is 0.0670. The van der Waals surface area contributed by atoms with Gasteiger partial charge in [0.25, 0.3) is 5.69 Å². The second-order valence-electron chi connectivity index (χ2n) is 5.77. The molecule has 0 radical (unpaired) electrons. The van der Waals surface area contributed by atoms with Crippen LogP contribution in [0.2, 0.25) is 0 Å². The third-order valence-corrected chi connectivity index (χ3v) is 3.89. The number of aliphatic hydroxyl groups is 1. The summed E-state index contributed by atoms with van der Waals surface area (Å²) in [5, 5.41) is 30.7. The highest BCUT2D eigenvalue weighted by Crippen LogP contribution is 2.30. The Kier molecular flexibility index (Phi) is 3.19. The molecule has 2 aromatic rings. The molecule has 1 aromatic carbocycles. The molecule has 1 fully saturated rings. The number of hydrogen-bond acceptors (Lipinski definition) is 6. The number of hydrogen-bond donors (Lipinski definition) is 1. The lowest BCUT2D eigenvalue weighted by Crippen LogP contribution is -2.30. The van der Waals surface area contributed by atoms with Gasteiger partial charge in [-0.25, -0.2) is 4.98 Å². The number of benzene rings is 1. The van der Waals surface area contributed by atoms with Crippen molar-refractivity contribution in [3.8, 4) is 6.07 Å². The number of aromatic nitrogens is 1. The van der Waals surface area contributed by atoms with Gasteiger partial charge in [-0.3, -0.25) is 10.1 Å². The summed E-state index contributed by atoms with van der Waals surface area (Å²) >= 11 is 0. The van der Waals surface area contributed by atoms with Crippen LogP contribution in [-0.4, -0.2) is 33.7 Å². The number of anilines is 1. The molecule has 1 aliphatic heterocycles. The van der Waals surface area contributed by atoms with Crippen LogP contribution in [0.4, 0.5) is 11.5 Å². The lowest BCUT2D eigenvalue weighted by molar-refractivity contribution is -0.384. The number of nitro benzene ring substituents is 1. The number of β-amino-alcohol motifs (C(OH)–C–C–N with tert-alkyl or cyclic N) is 1. The highest BCUT2D eigenvalue weighted by Gasteiger charge is 2.32. The fourth-order valence-corrected chi connectivity index (χ4v) is 2.71. The normalized spacial score (nSPS) is 21.0. The van der Waals surface area contributed by atoms with Crippen molar-refractivity contribution in [3.63, 3.8) is 0 Å². The molecule has 0 aliphatic carbocycles. The summed E-state index contributed by atoms with van der Waals surface area (Å²) in [7, 11) is 0. The summed E-state index contributed by atoms with van der Waals surface area (Å²) in [5.41, 5.74) is 0.0444. The maximum Gasteiger partial charge on any atom is 0.270 e.